The van der Waals surface area contributed by atoms with Crippen molar-refractivity contribution < 1.29 is 4.74 Å². The lowest BCUT2D eigenvalue weighted by molar-refractivity contribution is -0.0452. The Morgan fingerprint density at radius 2 is 2.35 bits per heavy atom. The fourth-order valence-electron chi connectivity index (χ4n) is 2.53. The maximum atomic E-state index is 5.86. The van der Waals surface area contributed by atoms with Crippen LogP contribution in [0, 0.1) is 0 Å². The second-order valence-electron chi connectivity index (χ2n) is 5.26. The Kier molecular flexibility index (Phi) is 4.59. The molecule has 2 fully saturated rings. The molecule has 5 heteroatoms. The van der Waals surface area contributed by atoms with Crippen LogP contribution in [0.4, 0.5) is 0 Å². The number of rotatable bonds is 3. The van der Waals surface area contributed by atoms with Crippen LogP contribution < -0.4 is 10.6 Å². The molecule has 0 amide bonds. The molecular formula is C12H23N3OS. The van der Waals surface area contributed by atoms with Gasteiger partial charge in [-0.3, -0.25) is 4.90 Å². The van der Waals surface area contributed by atoms with Gasteiger partial charge in [-0.1, -0.05) is 0 Å². The molecule has 0 aliphatic carbocycles. The van der Waals surface area contributed by atoms with Crippen LogP contribution in [0.15, 0.2) is 0 Å². The molecule has 2 atom stereocenters. The molecule has 2 aliphatic heterocycles. The summed E-state index contributed by atoms with van der Waals surface area (Å²) in [5.74, 6) is 0. The molecule has 0 saturated carbocycles. The average molecular weight is 257 g/mol. The van der Waals surface area contributed by atoms with Crippen molar-refractivity contribution in [2.75, 3.05) is 26.2 Å². The van der Waals surface area contributed by atoms with E-state index in [1.807, 2.05) is 0 Å². The highest BCUT2D eigenvalue weighted by Crippen LogP contribution is 2.22. The highest BCUT2D eigenvalue weighted by atomic mass is 32.1. The monoisotopic (exact) mass is 257 g/mol. The molecule has 0 radical (unpaired) electrons. The van der Waals surface area contributed by atoms with E-state index >= 15 is 0 Å². The normalized spacial score (nSPS) is 29.1. The van der Waals surface area contributed by atoms with Gasteiger partial charge in [-0.05, 0) is 45.5 Å². The summed E-state index contributed by atoms with van der Waals surface area (Å²) in [4.78, 5) is 2.55. The Morgan fingerprint density at radius 1 is 1.53 bits per heavy atom. The minimum absolute atomic E-state index is 0.274. The van der Waals surface area contributed by atoms with Crippen molar-refractivity contribution in [3.63, 3.8) is 0 Å². The molecule has 0 spiro atoms. The zero-order valence-corrected chi connectivity index (χ0v) is 11.6. The first-order valence-electron chi connectivity index (χ1n) is 6.55. The molecule has 2 heterocycles. The van der Waals surface area contributed by atoms with Gasteiger partial charge in [-0.15, -0.1) is 0 Å². The Morgan fingerprint density at radius 3 is 3.12 bits per heavy atom. The van der Waals surface area contributed by atoms with Crippen molar-refractivity contribution in [2.45, 2.75) is 44.9 Å². The van der Waals surface area contributed by atoms with Crippen LogP contribution in [0.3, 0.4) is 0 Å². The van der Waals surface area contributed by atoms with Gasteiger partial charge in [0.05, 0.1) is 12.7 Å². The van der Waals surface area contributed by atoms with Crippen LogP contribution in [0.5, 0.6) is 0 Å². The zero-order valence-electron chi connectivity index (χ0n) is 10.7. The van der Waals surface area contributed by atoms with Crippen molar-refractivity contribution in [1.82, 2.24) is 15.5 Å². The van der Waals surface area contributed by atoms with Crippen LogP contribution in [-0.2, 0) is 4.74 Å². The molecule has 2 N–H and O–H groups in total. The minimum Gasteiger partial charge on any atom is -0.373 e. The van der Waals surface area contributed by atoms with E-state index in [0.29, 0.717) is 12.1 Å². The molecular weight excluding hydrogens is 234 g/mol. The van der Waals surface area contributed by atoms with Crippen molar-refractivity contribution in [3.8, 4) is 0 Å². The van der Waals surface area contributed by atoms with Crippen LogP contribution in [0.25, 0.3) is 0 Å². The first-order chi connectivity index (χ1) is 8.15. The van der Waals surface area contributed by atoms with Crippen LogP contribution in [0.1, 0.15) is 26.7 Å². The van der Waals surface area contributed by atoms with E-state index in [0.717, 1.165) is 24.8 Å². The van der Waals surface area contributed by atoms with Crippen molar-refractivity contribution >= 4 is 17.3 Å². The van der Waals surface area contributed by atoms with E-state index in [2.05, 4.69) is 29.4 Å². The minimum atomic E-state index is 0.274. The Labute approximate surface area is 109 Å². The SMILES string of the molecule is CC(C)NC(=S)NCC1CN2CCCC2CO1. The molecule has 98 valence electrons. The van der Waals surface area contributed by atoms with Gasteiger partial charge in [0, 0.05) is 25.2 Å². The third-order valence-corrected chi connectivity index (χ3v) is 3.63. The molecule has 2 aliphatic rings. The predicted octanol–water partition coefficient (Wildman–Crippen LogP) is 0.722. The number of morpholine rings is 1. The molecule has 4 nitrogen and oxygen atoms in total. The third kappa shape index (κ3) is 3.79. The Balaban J connectivity index is 1.68. The number of thiocarbonyl (C=S) groups is 1. The highest BCUT2D eigenvalue weighted by Gasteiger charge is 2.31. The summed E-state index contributed by atoms with van der Waals surface area (Å²) >= 11 is 5.20. The number of ether oxygens (including phenoxy) is 1. The molecule has 2 unspecified atom stereocenters. The molecule has 2 rings (SSSR count). The summed E-state index contributed by atoms with van der Waals surface area (Å²) < 4.78 is 5.86. The van der Waals surface area contributed by atoms with E-state index in [9.17, 15) is 0 Å². The second kappa shape index (κ2) is 5.98. The van der Waals surface area contributed by atoms with E-state index in [1.165, 1.54) is 19.4 Å². The Bertz CT molecular complexity index is 272. The third-order valence-electron chi connectivity index (χ3n) is 3.37. The van der Waals surface area contributed by atoms with Gasteiger partial charge < -0.3 is 15.4 Å². The van der Waals surface area contributed by atoms with Gasteiger partial charge >= 0.3 is 0 Å². The first-order valence-corrected chi connectivity index (χ1v) is 6.96. The van der Waals surface area contributed by atoms with Gasteiger partial charge in [-0.2, -0.15) is 0 Å². The zero-order chi connectivity index (χ0) is 12.3. The van der Waals surface area contributed by atoms with Crippen molar-refractivity contribution in [3.05, 3.63) is 0 Å². The molecule has 17 heavy (non-hydrogen) atoms. The largest absolute Gasteiger partial charge is 0.373 e. The molecule has 2 saturated heterocycles. The maximum Gasteiger partial charge on any atom is 0.166 e. The average Bonchev–Trinajstić information content (AvgIpc) is 2.72. The van der Waals surface area contributed by atoms with E-state index in [4.69, 9.17) is 17.0 Å². The summed E-state index contributed by atoms with van der Waals surface area (Å²) in [6.45, 7) is 8.14. The van der Waals surface area contributed by atoms with Crippen LogP contribution in [-0.4, -0.2) is 54.4 Å². The molecule has 0 aromatic heterocycles. The summed E-state index contributed by atoms with van der Waals surface area (Å²) in [5.41, 5.74) is 0. The molecule has 0 bridgehead atoms. The van der Waals surface area contributed by atoms with Gasteiger partial charge in [0.15, 0.2) is 5.11 Å². The van der Waals surface area contributed by atoms with Crippen molar-refractivity contribution in [2.24, 2.45) is 0 Å². The van der Waals surface area contributed by atoms with E-state index in [1.54, 1.807) is 0 Å². The van der Waals surface area contributed by atoms with Gasteiger partial charge in [0.25, 0.3) is 0 Å². The quantitative estimate of drug-likeness (QED) is 0.729. The lowest BCUT2D eigenvalue weighted by atomic mass is 10.2. The first kappa shape index (κ1) is 13.1. The van der Waals surface area contributed by atoms with Gasteiger partial charge in [0.1, 0.15) is 0 Å². The van der Waals surface area contributed by atoms with Gasteiger partial charge in [-0.25, -0.2) is 0 Å². The fourth-order valence-corrected chi connectivity index (χ4v) is 2.85. The van der Waals surface area contributed by atoms with E-state index in [-0.39, 0.29) is 6.10 Å². The number of nitrogens with one attached hydrogen (secondary N) is 2. The Hall–Kier alpha value is -0.390. The summed E-state index contributed by atoms with van der Waals surface area (Å²) in [5, 5.41) is 7.14. The summed E-state index contributed by atoms with van der Waals surface area (Å²) in [7, 11) is 0. The second-order valence-corrected chi connectivity index (χ2v) is 5.66. The number of hydrogen-bond acceptors (Lipinski definition) is 3. The van der Waals surface area contributed by atoms with Crippen molar-refractivity contribution in [1.29, 1.82) is 0 Å². The standard InChI is InChI=1S/C12H23N3OS/c1-9(2)14-12(17)13-6-11-7-15-5-3-4-10(15)8-16-11/h9-11H,3-8H2,1-2H3,(H2,13,14,17). The topological polar surface area (TPSA) is 36.5 Å². The number of nitrogens with zero attached hydrogens (tertiary/aromatic N) is 1. The number of hydrogen-bond donors (Lipinski definition) is 2. The smallest absolute Gasteiger partial charge is 0.166 e. The number of fused-ring (bicyclic) bond motifs is 1. The van der Waals surface area contributed by atoms with E-state index < -0.39 is 0 Å². The maximum absolute atomic E-state index is 5.86. The van der Waals surface area contributed by atoms with Crippen LogP contribution >= 0.6 is 12.2 Å². The lowest BCUT2D eigenvalue weighted by Gasteiger charge is -2.35. The fraction of sp³-hybridized carbons (Fsp3) is 0.917. The van der Waals surface area contributed by atoms with Gasteiger partial charge in [0.2, 0.25) is 0 Å². The summed E-state index contributed by atoms with van der Waals surface area (Å²) in [6.07, 6.45) is 2.89. The molecule has 0 aromatic carbocycles. The summed E-state index contributed by atoms with van der Waals surface area (Å²) in [6, 6.07) is 1.05. The highest BCUT2D eigenvalue weighted by molar-refractivity contribution is 7.80. The lowest BCUT2D eigenvalue weighted by Crippen LogP contribution is -2.51. The van der Waals surface area contributed by atoms with Crippen LogP contribution in [0.2, 0.25) is 0 Å². The predicted molar refractivity (Wildman–Crippen MR) is 73.2 cm³/mol. The molecule has 0 aromatic rings.